The second kappa shape index (κ2) is 8.12. The Kier molecular flexibility index (Phi) is 5.88. The van der Waals surface area contributed by atoms with Gasteiger partial charge in [-0.3, -0.25) is 4.79 Å². The zero-order valence-corrected chi connectivity index (χ0v) is 15.5. The highest BCUT2D eigenvalue weighted by Crippen LogP contribution is 2.22. The van der Waals surface area contributed by atoms with Gasteiger partial charge in [0.05, 0.1) is 0 Å². The molecule has 2 N–H and O–H groups in total. The van der Waals surface area contributed by atoms with Crippen molar-refractivity contribution in [3.63, 3.8) is 0 Å². The van der Waals surface area contributed by atoms with Crippen LogP contribution in [-0.2, 0) is 14.8 Å². The first-order valence-electron chi connectivity index (χ1n) is 8.47. The van der Waals surface area contributed by atoms with Crippen LogP contribution < -0.4 is 10.0 Å². The van der Waals surface area contributed by atoms with Gasteiger partial charge in [0, 0.05) is 6.04 Å². The molecule has 1 atom stereocenters. The molecule has 2 aromatic rings. The molecule has 7 heteroatoms. The quantitative estimate of drug-likeness (QED) is 0.810. The number of hydrogen-bond acceptors (Lipinski definition) is 4. The van der Waals surface area contributed by atoms with Crippen molar-refractivity contribution in [1.29, 1.82) is 0 Å². The summed E-state index contributed by atoms with van der Waals surface area (Å²) in [6, 6.07) is 11.4. The average Bonchev–Trinajstić information content (AvgIpc) is 3.17. The summed E-state index contributed by atoms with van der Waals surface area (Å²) in [7, 11) is -3.74. The van der Waals surface area contributed by atoms with E-state index in [4.69, 9.17) is 0 Å². The molecule has 0 saturated heterocycles. The third kappa shape index (κ3) is 4.68. The highest BCUT2D eigenvalue weighted by molar-refractivity contribution is 7.91. The standard InChI is InChI=1S/C18H22N2O3S2/c21-18(19-15-10-5-2-6-11-15)17(14-8-3-1-4-9-14)20-25(22,23)16-12-7-13-24-16/h1,3-4,7-9,12-13,15,17,20H,2,5-6,10-11H2,(H,19,21)/t17-/m0/s1. The molecule has 0 unspecified atom stereocenters. The first-order chi connectivity index (χ1) is 12.1. The monoisotopic (exact) mass is 378 g/mol. The molecule has 1 saturated carbocycles. The number of benzene rings is 1. The van der Waals surface area contributed by atoms with E-state index in [1.54, 1.807) is 35.7 Å². The van der Waals surface area contributed by atoms with Gasteiger partial charge < -0.3 is 5.32 Å². The smallest absolute Gasteiger partial charge is 0.251 e. The maximum absolute atomic E-state index is 12.8. The molecule has 1 aliphatic carbocycles. The lowest BCUT2D eigenvalue weighted by Gasteiger charge is -2.26. The van der Waals surface area contributed by atoms with E-state index in [-0.39, 0.29) is 16.2 Å². The van der Waals surface area contributed by atoms with Crippen LogP contribution in [0.1, 0.15) is 43.7 Å². The lowest BCUT2D eigenvalue weighted by atomic mass is 9.95. The maximum Gasteiger partial charge on any atom is 0.251 e. The third-order valence-electron chi connectivity index (χ3n) is 4.38. The zero-order valence-electron chi connectivity index (χ0n) is 13.9. The number of hydrogen-bond donors (Lipinski definition) is 2. The van der Waals surface area contributed by atoms with Crippen LogP contribution in [0.15, 0.2) is 52.1 Å². The van der Waals surface area contributed by atoms with Gasteiger partial charge in [0.15, 0.2) is 0 Å². The number of thiophene rings is 1. The Bertz CT molecular complexity index is 783. The second-order valence-electron chi connectivity index (χ2n) is 6.24. The largest absolute Gasteiger partial charge is 0.352 e. The lowest BCUT2D eigenvalue weighted by molar-refractivity contribution is -0.123. The molecule has 1 aliphatic rings. The van der Waals surface area contributed by atoms with E-state index >= 15 is 0 Å². The first-order valence-corrected chi connectivity index (χ1v) is 10.8. The van der Waals surface area contributed by atoms with Crippen molar-refractivity contribution in [3.05, 3.63) is 53.4 Å². The van der Waals surface area contributed by atoms with Crippen LogP contribution in [0.3, 0.4) is 0 Å². The van der Waals surface area contributed by atoms with E-state index in [0.717, 1.165) is 37.0 Å². The van der Waals surface area contributed by atoms with Crippen molar-refractivity contribution in [3.8, 4) is 0 Å². The van der Waals surface area contributed by atoms with Crippen molar-refractivity contribution in [2.75, 3.05) is 0 Å². The molecule has 1 aromatic heterocycles. The van der Waals surface area contributed by atoms with Gasteiger partial charge in [-0.15, -0.1) is 11.3 Å². The van der Waals surface area contributed by atoms with Gasteiger partial charge in [0.25, 0.3) is 10.0 Å². The molecule has 1 fully saturated rings. The van der Waals surface area contributed by atoms with E-state index in [1.165, 1.54) is 12.5 Å². The predicted molar refractivity (Wildman–Crippen MR) is 98.8 cm³/mol. The summed E-state index contributed by atoms with van der Waals surface area (Å²) in [4.78, 5) is 12.8. The van der Waals surface area contributed by atoms with E-state index in [2.05, 4.69) is 10.0 Å². The molecule has 1 heterocycles. The Hall–Kier alpha value is -1.70. The van der Waals surface area contributed by atoms with Crippen LogP contribution in [0.25, 0.3) is 0 Å². The molecule has 134 valence electrons. The normalized spacial score (nSPS) is 17.1. The Morgan fingerprint density at radius 2 is 1.76 bits per heavy atom. The molecule has 25 heavy (non-hydrogen) atoms. The van der Waals surface area contributed by atoms with Crippen molar-refractivity contribution in [1.82, 2.24) is 10.0 Å². The highest BCUT2D eigenvalue weighted by Gasteiger charge is 2.29. The van der Waals surface area contributed by atoms with Crippen molar-refractivity contribution in [2.45, 2.75) is 48.4 Å². The summed E-state index contributed by atoms with van der Waals surface area (Å²) in [6.07, 6.45) is 5.29. The first kappa shape index (κ1) is 18.1. The number of amides is 1. The number of nitrogens with one attached hydrogen (secondary N) is 2. The van der Waals surface area contributed by atoms with Gasteiger partial charge >= 0.3 is 0 Å². The molecule has 1 amide bonds. The number of rotatable bonds is 6. The molecule has 0 bridgehead atoms. The molecule has 1 aromatic carbocycles. The Labute approximate surface area is 152 Å². The van der Waals surface area contributed by atoms with Crippen LogP contribution in [0.2, 0.25) is 0 Å². The molecule has 0 radical (unpaired) electrons. The fourth-order valence-electron chi connectivity index (χ4n) is 3.08. The molecular weight excluding hydrogens is 356 g/mol. The number of carbonyl (C=O) groups is 1. The molecule has 0 spiro atoms. The fraction of sp³-hybridized carbons (Fsp3) is 0.389. The van der Waals surface area contributed by atoms with E-state index in [9.17, 15) is 13.2 Å². The molecular formula is C18H22N2O3S2. The fourth-order valence-corrected chi connectivity index (χ4v) is 5.27. The van der Waals surface area contributed by atoms with E-state index in [0.29, 0.717) is 5.56 Å². The lowest BCUT2D eigenvalue weighted by Crippen LogP contribution is -2.44. The minimum absolute atomic E-state index is 0.124. The minimum Gasteiger partial charge on any atom is -0.352 e. The number of sulfonamides is 1. The number of carbonyl (C=O) groups excluding carboxylic acids is 1. The highest BCUT2D eigenvalue weighted by atomic mass is 32.2. The average molecular weight is 379 g/mol. The summed E-state index contributed by atoms with van der Waals surface area (Å²) in [5.41, 5.74) is 0.635. The third-order valence-corrected chi connectivity index (χ3v) is 7.20. The molecule has 3 rings (SSSR count). The minimum atomic E-state index is -3.74. The van der Waals surface area contributed by atoms with Crippen LogP contribution in [0.4, 0.5) is 0 Å². The van der Waals surface area contributed by atoms with Gasteiger partial charge in [-0.25, -0.2) is 8.42 Å². The van der Waals surface area contributed by atoms with Crippen LogP contribution in [-0.4, -0.2) is 20.4 Å². The zero-order chi connectivity index (χ0) is 17.7. The summed E-state index contributed by atoms with van der Waals surface area (Å²) in [5, 5.41) is 4.73. The molecule has 0 aliphatic heterocycles. The van der Waals surface area contributed by atoms with Gasteiger partial charge in [-0.1, -0.05) is 55.7 Å². The summed E-state index contributed by atoms with van der Waals surface area (Å²) in [5.74, 6) is -0.293. The maximum atomic E-state index is 12.8. The van der Waals surface area contributed by atoms with Crippen molar-refractivity contribution >= 4 is 27.3 Å². The van der Waals surface area contributed by atoms with E-state index in [1.807, 2.05) is 6.07 Å². The molecule has 5 nitrogen and oxygen atoms in total. The van der Waals surface area contributed by atoms with Crippen LogP contribution >= 0.6 is 11.3 Å². The van der Waals surface area contributed by atoms with Gasteiger partial charge in [0.2, 0.25) is 5.91 Å². The SMILES string of the molecule is O=C(NC1CCCCC1)[C@@H](NS(=O)(=O)c1cccs1)c1ccccc1. The Morgan fingerprint density at radius 3 is 2.40 bits per heavy atom. The Balaban J connectivity index is 1.81. The summed E-state index contributed by atoms with van der Waals surface area (Å²) >= 11 is 1.13. The van der Waals surface area contributed by atoms with Crippen LogP contribution in [0.5, 0.6) is 0 Å². The van der Waals surface area contributed by atoms with Crippen molar-refractivity contribution < 1.29 is 13.2 Å². The van der Waals surface area contributed by atoms with Gasteiger partial charge in [-0.2, -0.15) is 4.72 Å². The Morgan fingerprint density at radius 1 is 1.04 bits per heavy atom. The second-order valence-corrected chi connectivity index (χ2v) is 9.13. The topological polar surface area (TPSA) is 75.3 Å². The predicted octanol–water partition coefficient (Wildman–Crippen LogP) is 3.22. The van der Waals surface area contributed by atoms with E-state index < -0.39 is 16.1 Å². The summed E-state index contributed by atoms with van der Waals surface area (Å²) in [6.45, 7) is 0. The van der Waals surface area contributed by atoms with Gasteiger partial charge in [-0.05, 0) is 29.9 Å². The summed E-state index contributed by atoms with van der Waals surface area (Å²) < 4.78 is 28.0. The van der Waals surface area contributed by atoms with Crippen LogP contribution in [0, 0.1) is 0 Å². The van der Waals surface area contributed by atoms with Gasteiger partial charge in [0.1, 0.15) is 10.3 Å². The van der Waals surface area contributed by atoms with Crippen molar-refractivity contribution in [2.24, 2.45) is 0 Å².